The van der Waals surface area contributed by atoms with Crippen LogP contribution in [0.1, 0.15) is 66.2 Å². The maximum absolute atomic E-state index is 9.46. The maximum Gasteiger partial charge on any atom is 0.102 e. The van der Waals surface area contributed by atoms with Gasteiger partial charge in [-0.25, -0.2) is 0 Å². The summed E-state index contributed by atoms with van der Waals surface area (Å²) in [5, 5.41) is 18.6. The predicted octanol–water partition coefficient (Wildman–Crippen LogP) is 3.62. The highest BCUT2D eigenvalue weighted by Gasteiger charge is 2.24. The summed E-state index contributed by atoms with van der Waals surface area (Å²) in [5.74, 6) is 0. The lowest BCUT2D eigenvalue weighted by Crippen LogP contribution is -2.24. The molecular formula is C14H30O2S. The number of rotatable bonds is 9. The maximum atomic E-state index is 9.46. The van der Waals surface area contributed by atoms with E-state index in [0.717, 1.165) is 19.3 Å². The molecule has 0 rings (SSSR count). The molecule has 0 spiro atoms. The summed E-state index contributed by atoms with van der Waals surface area (Å²) in [6.07, 6.45) is 6.83. The van der Waals surface area contributed by atoms with E-state index in [1.807, 2.05) is 0 Å². The van der Waals surface area contributed by atoms with E-state index in [2.05, 4.69) is 40.3 Å². The summed E-state index contributed by atoms with van der Waals surface area (Å²) in [4.78, 5) is 0. The van der Waals surface area contributed by atoms with E-state index in [9.17, 15) is 5.11 Å². The van der Waals surface area contributed by atoms with Gasteiger partial charge in [0.1, 0.15) is 5.44 Å². The average Bonchev–Trinajstić information content (AvgIpc) is 2.23. The fourth-order valence-electron chi connectivity index (χ4n) is 1.75. The van der Waals surface area contributed by atoms with E-state index >= 15 is 0 Å². The van der Waals surface area contributed by atoms with Crippen LogP contribution >= 0.6 is 12.6 Å². The molecule has 0 saturated carbocycles. The minimum Gasteiger partial charge on any atom is -0.396 e. The Bertz CT molecular complexity index is 200. The van der Waals surface area contributed by atoms with Crippen molar-refractivity contribution in [1.82, 2.24) is 0 Å². The minimum atomic E-state index is -0.532. The highest BCUT2D eigenvalue weighted by molar-refractivity contribution is 7.80. The zero-order valence-corrected chi connectivity index (χ0v) is 12.8. The smallest absolute Gasteiger partial charge is 0.102 e. The monoisotopic (exact) mass is 262 g/mol. The number of aliphatic hydroxyl groups excluding tert-OH is 2. The van der Waals surface area contributed by atoms with Crippen molar-refractivity contribution in [1.29, 1.82) is 0 Å². The van der Waals surface area contributed by atoms with Crippen LogP contribution in [0.5, 0.6) is 0 Å². The fourth-order valence-corrected chi connectivity index (χ4v) is 1.87. The summed E-state index contributed by atoms with van der Waals surface area (Å²) in [5.41, 5.74) is -0.551. The van der Waals surface area contributed by atoms with Crippen molar-refractivity contribution in [2.75, 3.05) is 6.61 Å². The number of hydrogen-bond donors (Lipinski definition) is 3. The number of unbranched alkanes of at least 4 members (excludes halogenated alkanes) is 3. The summed E-state index contributed by atoms with van der Waals surface area (Å²) in [6.45, 7) is 8.59. The Morgan fingerprint density at radius 2 is 1.41 bits per heavy atom. The average molecular weight is 262 g/mol. The van der Waals surface area contributed by atoms with Crippen LogP contribution in [0.15, 0.2) is 0 Å². The Hall–Kier alpha value is 0.270. The standard InChI is InChI=1S/C14H30O2S/c1-13(2,11-15)9-7-5-6-8-10-14(3,4)12(16)17/h12,15-17H,5-11H2,1-4H3. The van der Waals surface area contributed by atoms with Crippen molar-refractivity contribution in [2.45, 2.75) is 71.7 Å². The lowest BCUT2D eigenvalue weighted by molar-refractivity contribution is 0.117. The Labute approximate surface area is 112 Å². The summed E-state index contributed by atoms with van der Waals surface area (Å²) in [6, 6.07) is 0. The van der Waals surface area contributed by atoms with Gasteiger partial charge in [-0.2, -0.15) is 0 Å². The first-order chi connectivity index (χ1) is 7.71. The molecule has 0 aliphatic rings. The second-order valence-corrected chi connectivity index (χ2v) is 7.09. The molecule has 0 heterocycles. The third-order valence-electron chi connectivity index (χ3n) is 3.55. The van der Waals surface area contributed by atoms with E-state index in [1.165, 1.54) is 19.3 Å². The van der Waals surface area contributed by atoms with Crippen molar-refractivity contribution >= 4 is 12.6 Å². The predicted molar refractivity (Wildman–Crippen MR) is 77.3 cm³/mol. The van der Waals surface area contributed by atoms with E-state index in [-0.39, 0.29) is 17.4 Å². The van der Waals surface area contributed by atoms with E-state index < -0.39 is 5.44 Å². The largest absolute Gasteiger partial charge is 0.396 e. The van der Waals surface area contributed by atoms with Crippen molar-refractivity contribution in [2.24, 2.45) is 10.8 Å². The van der Waals surface area contributed by atoms with E-state index in [1.54, 1.807) is 0 Å². The Morgan fingerprint density at radius 3 is 1.82 bits per heavy atom. The molecule has 0 fully saturated rings. The van der Waals surface area contributed by atoms with Gasteiger partial charge in [-0.05, 0) is 23.7 Å². The summed E-state index contributed by atoms with van der Waals surface area (Å²) in [7, 11) is 0. The lowest BCUT2D eigenvalue weighted by atomic mass is 9.85. The second-order valence-electron chi connectivity index (χ2n) is 6.60. The van der Waals surface area contributed by atoms with Crippen LogP contribution in [0.4, 0.5) is 0 Å². The van der Waals surface area contributed by atoms with Gasteiger partial charge in [-0.3, -0.25) is 0 Å². The molecule has 0 bridgehead atoms. The highest BCUT2D eigenvalue weighted by Crippen LogP contribution is 2.30. The fraction of sp³-hybridized carbons (Fsp3) is 1.00. The SMILES string of the molecule is CC(C)(CO)CCCCCCC(C)(C)C(O)S. The molecule has 0 aliphatic carbocycles. The molecular weight excluding hydrogens is 232 g/mol. The molecule has 0 aromatic heterocycles. The first-order valence-corrected chi connectivity index (χ1v) is 7.20. The molecule has 0 amide bonds. The van der Waals surface area contributed by atoms with Crippen molar-refractivity contribution < 1.29 is 10.2 Å². The van der Waals surface area contributed by atoms with E-state index in [4.69, 9.17) is 5.11 Å². The topological polar surface area (TPSA) is 40.5 Å². The van der Waals surface area contributed by atoms with Gasteiger partial charge in [0.15, 0.2) is 0 Å². The Balaban J connectivity index is 3.54. The van der Waals surface area contributed by atoms with Crippen molar-refractivity contribution in [3.05, 3.63) is 0 Å². The Kier molecular flexibility index (Phi) is 7.77. The Morgan fingerprint density at radius 1 is 0.941 bits per heavy atom. The third-order valence-corrected chi connectivity index (χ3v) is 4.25. The molecule has 0 aromatic rings. The van der Waals surface area contributed by atoms with E-state index in [0.29, 0.717) is 0 Å². The van der Waals surface area contributed by atoms with Crippen LogP contribution in [-0.2, 0) is 0 Å². The molecule has 2 nitrogen and oxygen atoms in total. The normalized spacial score (nSPS) is 15.0. The van der Waals surface area contributed by atoms with Crippen molar-refractivity contribution in [3.63, 3.8) is 0 Å². The number of thiol groups is 1. The molecule has 1 unspecified atom stereocenters. The second kappa shape index (κ2) is 7.65. The van der Waals surface area contributed by atoms with Gasteiger partial charge in [0.2, 0.25) is 0 Å². The first-order valence-electron chi connectivity index (χ1n) is 6.68. The van der Waals surface area contributed by atoms with Crippen molar-refractivity contribution in [3.8, 4) is 0 Å². The molecule has 3 heteroatoms. The van der Waals surface area contributed by atoms with Crippen LogP contribution < -0.4 is 0 Å². The van der Waals surface area contributed by atoms with Crippen LogP contribution in [0, 0.1) is 10.8 Å². The first kappa shape index (κ1) is 17.3. The highest BCUT2D eigenvalue weighted by atomic mass is 32.1. The van der Waals surface area contributed by atoms with Gasteiger partial charge in [0, 0.05) is 6.61 Å². The molecule has 0 saturated heterocycles. The third kappa shape index (κ3) is 8.06. The molecule has 0 aromatic carbocycles. The van der Waals surface area contributed by atoms with Gasteiger partial charge in [0.05, 0.1) is 0 Å². The van der Waals surface area contributed by atoms with Crippen LogP contribution in [-0.4, -0.2) is 22.3 Å². The number of aliphatic hydroxyl groups is 2. The van der Waals surface area contributed by atoms with Crippen LogP contribution in [0.2, 0.25) is 0 Å². The van der Waals surface area contributed by atoms with Gasteiger partial charge < -0.3 is 10.2 Å². The molecule has 2 N–H and O–H groups in total. The molecule has 0 aliphatic heterocycles. The lowest BCUT2D eigenvalue weighted by Gasteiger charge is -2.27. The van der Waals surface area contributed by atoms with Crippen LogP contribution in [0.3, 0.4) is 0 Å². The summed E-state index contributed by atoms with van der Waals surface area (Å²) < 4.78 is 0. The molecule has 1 atom stereocenters. The molecule has 17 heavy (non-hydrogen) atoms. The van der Waals surface area contributed by atoms with Gasteiger partial charge in [-0.1, -0.05) is 53.4 Å². The zero-order valence-electron chi connectivity index (χ0n) is 11.9. The van der Waals surface area contributed by atoms with Gasteiger partial charge in [0.25, 0.3) is 0 Å². The number of hydrogen-bond acceptors (Lipinski definition) is 3. The summed E-state index contributed by atoms with van der Waals surface area (Å²) >= 11 is 4.10. The minimum absolute atomic E-state index is 0.0700. The quantitative estimate of drug-likeness (QED) is 0.337. The van der Waals surface area contributed by atoms with Gasteiger partial charge in [-0.15, -0.1) is 12.6 Å². The molecule has 0 radical (unpaired) electrons. The van der Waals surface area contributed by atoms with Gasteiger partial charge >= 0.3 is 0 Å². The zero-order chi connectivity index (χ0) is 13.5. The van der Waals surface area contributed by atoms with Crippen LogP contribution in [0.25, 0.3) is 0 Å². The molecule has 104 valence electrons.